The standard InChI is InChI=1S/C13H13BrFN/c1-8-6-12(15)11(14)7-13(8)16-9(2)4-5-10(16)3/h4-7H,1-3H3. The van der Waals surface area contributed by atoms with E-state index in [0.29, 0.717) is 4.47 Å². The molecule has 0 spiro atoms. The van der Waals surface area contributed by atoms with Gasteiger partial charge < -0.3 is 4.57 Å². The molecular weight excluding hydrogens is 269 g/mol. The van der Waals surface area contributed by atoms with Crippen molar-refractivity contribution in [2.45, 2.75) is 20.8 Å². The predicted molar refractivity (Wildman–Crippen MR) is 67.6 cm³/mol. The first-order valence-electron chi connectivity index (χ1n) is 5.11. The van der Waals surface area contributed by atoms with Crippen molar-refractivity contribution in [1.82, 2.24) is 4.57 Å². The van der Waals surface area contributed by atoms with E-state index < -0.39 is 0 Å². The first-order valence-corrected chi connectivity index (χ1v) is 5.91. The van der Waals surface area contributed by atoms with E-state index in [0.717, 1.165) is 22.6 Å². The Labute approximate surface area is 103 Å². The Morgan fingerprint density at radius 1 is 1.06 bits per heavy atom. The Bertz CT molecular complexity index is 524. The van der Waals surface area contributed by atoms with Crippen LogP contribution < -0.4 is 0 Å². The number of rotatable bonds is 1. The maximum Gasteiger partial charge on any atom is 0.137 e. The van der Waals surface area contributed by atoms with Gasteiger partial charge in [0.05, 0.1) is 4.47 Å². The molecular formula is C13H13BrFN. The third-order valence-electron chi connectivity index (χ3n) is 2.75. The molecule has 0 aliphatic rings. The van der Waals surface area contributed by atoms with Crippen LogP contribution in [0.4, 0.5) is 4.39 Å². The number of aryl methyl sites for hydroxylation is 3. The van der Waals surface area contributed by atoms with Crippen LogP contribution in [0.25, 0.3) is 5.69 Å². The first kappa shape index (κ1) is 11.4. The van der Waals surface area contributed by atoms with Crippen LogP contribution in [0, 0.1) is 26.6 Å². The zero-order valence-electron chi connectivity index (χ0n) is 9.51. The molecule has 1 aromatic heterocycles. The van der Waals surface area contributed by atoms with Crippen LogP contribution in [-0.2, 0) is 0 Å². The maximum absolute atomic E-state index is 13.3. The van der Waals surface area contributed by atoms with Gasteiger partial charge in [-0.05, 0) is 66.5 Å². The van der Waals surface area contributed by atoms with Crippen molar-refractivity contribution < 1.29 is 4.39 Å². The fourth-order valence-corrected chi connectivity index (χ4v) is 2.26. The van der Waals surface area contributed by atoms with E-state index in [1.165, 1.54) is 0 Å². The summed E-state index contributed by atoms with van der Waals surface area (Å²) in [7, 11) is 0. The molecule has 0 radical (unpaired) electrons. The van der Waals surface area contributed by atoms with E-state index in [-0.39, 0.29) is 5.82 Å². The molecule has 0 unspecified atom stereocenters. The predicted octanol–water partition coefficient (Wildman–Crippen LogP) is 4.30. The second kappa shape index (κ2) is 4.06. The van der Waals surface area contributed by atoms with Crippen molar-refractivity contribution in [2.75, 3.05) is 0 Å². The van der Waals surface area contributed by atoms with Gasteiger partial charge in [-0.1, -0.05) is 0 Å². The molecule has 0 aliphatic carbocycles. The smallest absolute Gasteiger partial charge is 0.137 e. The lowest BCUT2D eigenvalue weighted by atomic mass is 10.2. The van der Waals surface area contributed by atoms with Crippen molar-refractivity contribution in [2.24, 2.45) is 0 Å². The molecule has 3 heteroatoms. The summed E-state index contributed by atoms with van der Waals surface area (Å²) in [5.74, 6) is -0.219. The number of aromatic nitrogens is 1. The molecule has 84 valence electrons. The third-order valence-corrected chi connectivity index (χ3v) is 3.36. The monoisotopic (exact) mass is 281 g/mol. The van der Waals surface area contributed by atoms with E-state index in [9.17, 15) is 4.39 Å². The fourth-order valence-electron chi connectivity index (χ4n) is 1.93. The Morgan fingerprint density at radius 2 is 1.62 bits per heavy atom. The highest BCUT2D eigenvalue weighted by Gasteiger charge is 2.10. The summed E-state index contributed by atoms with van der Waals surface area (Å²) in [4.78, 5) is 0. The number of benzene rings is 1. The first-order chi connectivity index (χ1) is 7.50. The van der Waals surface area contributed by atoms with Crippen molar-refractivity contribution >= 4 is 15.9 Å². The Hall–Kier alpha value is -1.09. The third kappa shape index (κ3) is 1.80. The molecule has 0 fully saturated rings. The van der Waals surface area contributed by atoms with Gasteiger partial charge in [-0.15, -0.1) is 0 Å². The van der Waals surface area contributed by atoms with Gasteiger partial charge in [-0.25, -0.2) is 4.39 Å². The number of hydrogen-bond donors (Lipinski definition) is 0. The lowest BCUT2D eigenvalue weighted by Gasteiger charge is -2.13. The van der Waals surface area contributed by atoms with E-state index in [1.807, 2.05) is 26.8 Å². The van der Waals surface area contributed by atoms with Gasteiger partial charge >= 0.3 is 0 Å². The van der Waals surface area contributed by atoms with Crippen LogP contribution in [0.3, 0.4) is 0 Å². The van der Waals surface area contributed by atoms with Crippen LogP contribution in [0.2, 0.25) is 0 Å². The summed E-state index contributed by atoms with van der Waals surface area (Å²) in [6.07, 6.45) is 0. The van der Waals surface area contributed by atoms with E-state index in [2.05, 4.69) is 32.6 Å². The van der Waals surface area contributed by atoms with Gasteiger partial charge in [0.25, 0.3) is 0 Å². The minimum atomic E-state index is -0.219. The highest BCUT2D eigenvalue weighted by molar-refractivity contribution is 9.10. The van der Waals surface area contributed by atoms with Gasteiger partial charge in [-0.2, -0.15) is 0 Å². The summed E-state index contributed by atoms with van der Waals surface area (Å²) < 4.78 is 16.0. The molecule has 0 saturated carbocycles. The second-order valence-electron chi connectivity index (χ2n) is 4.00. The lowest BCUT2D eigenvalue weighted by molar-refractivity contribution is 0.619. The van der Waals surface area contributed by atoms with Crippen LogP contribution in [0.1, 0.15) is 17.0 Å². The quantitative estimate of drug-likeness (QED) is 0.734. The van der Waals surface area contributed by atoms with Gasteiger partial charge in [0.15, 0.2) is 0 Å². The van der Waals surface area contributed by atoms with Crippen molar-refractivity contribution in [3.05, 3.63) is 51.5 Å². The largest absolute Gasteiger partial charge is 0.318 e. The fraction of sp³-hybridized carbons (Fsp3) is 0.231. The molecule has 1 nitrogen and oxygen atoms in total. The average Bonchev–Trinajstić information content (AvgIpc) is 2.53. The normalized spacial score (nSPS) is 10.8. The molecule has 0 atom stereocenters. The number of hydrogen-bond acceptors (Lipinski definition) is 0. The summed E-state index contributed by atoms with van der Waals surface area (Å²) in [6.45, 7) is 6.01. The summed E-state index contributed by atoms with van der Waals surface area (Å²) >= 11 is 3.23. The van der Waals surface area contributed by atoms with Crippen molar-refractivity contribution in [1.29, 1.82) is 0 Å². The Balaban J connectivity index is 2.69. The van der Waals surface area contributed by atoms with Gasteiger partial charge in [0.1, 0.15) is 5.82 Å². The summed E-state index contributed by atoms with van der Waals surface area (Å²) in [5, 5.41) is 0. The minimum absolute atomic E-state index is 0.219. The van der Waals surface area contributed by atoms with Crippen LogP contribution in [0.15, 0.2) is 28.7 Å². The molecule has 16 heavy (non-hydrogen) atoms. The van der Waals surface area contributed by atoms with Gasteiger partial charge in [0, 0.05) is 17.1 Å². The van der Waals surface area contributed by atoms with Gasteiger partial charge in [-0.3, -0.25) is 0 Å². The van der Waals surface area contributed by atoms with Crippen LogP contribution >= 0.6 is 15.9 Å². The zero-order chi connectivity index (χ0) is 11.9. The van der Waals surface area contributed by atoms with E-state index in [1.54, 1.807) is 6.07 Å². The molecule has 0 aliphatic heterocycles. The average molecular weight is 282 g/mol. The van der Waals surface area contributed by atoms with Crippen LogP contribution in [-0.4, -0.2) is 4.57 Å². The molecule has 2 aromatic rings. The summed E-state index contributed by atoms with van der Waals surface area (Å²) in [6, 6.07) is 7.50. The maximum atomic E-state index is 13.3. The van der Waals surface area contributed by atoms with Crippen molar-refractivity contribution in [3.8, 4) is 5.69 Å². The van der Waals surface area contributed by atoms with E-state index >= 15 is 0 Å². The topological polar surface area (TPSA) is 4.93 Å². The molecule has 0 amide bonds. The number of nitrogens with zero attached hydrogens (tertiary/aromatic N) is 1. The lowest BCUT2D eigenvalue weighted by Crippen LogP contribution is -2.02. The van der Waals surface area contributed by atoms with E-state index in [4.69, 9.17) is 0 Å². The molecule has 2 rings (SSSR count). The minimum Gasteiger partial charge on any atom is -0.318 e. The highest BCUT2D eigenvalue weighted by atomic mass is 79.9. The van der Waals surface area contributed by atoms with Crippen LogP contribution in [0.5, 0.6) is 0 Å². The molecule has 0 bridgehead atoms. The number of halogens is 2. The second-order valence-corrected chi connectivity index (χ2v) is 4.86. The summed E-state index contributed by atoms with van der Waals surface area (Å²) in [5.41, 5.74) is 4.26. The molecule has 0 saturated heterocycles. The molecule has 1 heterocycles. The Morgan fingerprint density at radius 3 is 2.19 bits per heavy atom. The SMILES string of the molecule is Cc1cc(F)c(Br)cc1-n1c(C)ccc1C. The highest BCUT2D eigenvalue weighted by Crippen LogP contribution is 2.25. The van der Waals surface area contributed by atoms with Crippen molar-refractivity contribution in [3.63, 3.8) is 0 Å². The zero-order valence-corrected chi connectivity index (χ0v) is 11.1. The molecule has 1 aromatic carbocycles. The Kier molecular flexibility index (Phi) is 2.89. The molecule has 0 N–H and O–H groups in total. The van der Waals surface area contributed by atoms with Gasteiger partial charge in [0.2, 0.25) is 0 Å².